The average molecular weight is 397 g/mol. The fourth-order valence-corrected chi connectivity index (χ4v) is 3.27. The summed E-state index contributed by atoms with van der Waals surface area (Å²) in [7, 11) is 0. The van der Waals surface area contributed by atoms with Crippen LogP contribution < -0.4 is 4.74 Å². The first-order chi connectivity index (χ1) is 14.1. The maximum Gasteiger partial charge on any atom is 0.381 e. The quantitative estimate of drug-likeness (QED) is 0.218. The Kier molecular flexibility index (Phi) is 10.4. The van der Waals surface area contributed by atoms with Gasteiger partial charge in [-0.1, -0.05) is 77.8 Å². The fourth-order valence-electron chi connectivity index (χ4n) is 3.27. The van der Waals surface area contributed by atoms with Gasteiger partial charge in [0, 0.05) is 12.4 Å². The van der Waals surface area contributed by atoms with Crippen molar-refractivity contribution in [2.45, 2.75) is 85.0 Å². The largest absolute Gasteiger partial charge is 0.421 e. The smallest absolute Gasteiger partial charge is 0.381 e. The highest BCUT2D eigenvalue weighted by Crippen LogP contribution is 2.17. The maximum absolute atomic E-state index is 12.3. The number of esters is 1. The van der Waals surface area contributed by atoms with Crippen molar-refractivity contribution in [1.82, 2.24) is 9.97 Å². The van der Waals surface area contributed by atoms with E-state index in [-0.39, 0.29) is 5.82 Å². The summed E-state index contributed by atoms with van der Waals surface area (Å²) in [5.41, 5.74) is 2.33. The molecular formula is C25H36N2O2. The van der Waals surface area contributed by atoms with Crippen molar-refractivity contribution in [1.29, 1.82) is 0 Å². The molecule has 1 heterocycles. The van der Waals surface area contributed by atoms with E-state index in [2.05, 4.69) is 30.7 Å². The van der Waals surface area contributed by atoms with Gasteiger partial charge in [-0.25, -0.2) is 14.8 Å². The first-order valence-corrected chi connectivity index (χ1v) is 11.2. The molecule has 1 aromatic heterocycles. The molecule has 0 saturated carbocycles. The number of hydrogen-bond donors (Lipinski definition) is 0. The molecule has 1 atom stereocenters. The monoisotopic (exact) mass is 396 g/mol. The van der Waals surface area contributed by atoms with Crippen molar-refractivity contribution < 1.29 is 9.53 Å². The Bertz CT molecular complexity index is 711. The van der Waals surface area contributed by atoms with Gasteiger partial charge < -0.3 is 4.74 Å². The second kappa shape index (κ2) is 13.1. The van der Waals surface area contributed by atoms with Crippen LogP contribution in [0.25, 0.3) is 0 Å². The lowest BCUT2D eigenvalue weighted by Gasteiger charge is -2.09. The highest BCUT2D eigenvalue weighted by molar-refractivity contribution is 5.86. The summed E-state index contributed by atoms with van der Waals surface area (Å²) in [6, 6.07) is 7.71. The third-order valence-electron chi connectivity index (χ3n) is 5.37. The van der Waals surface area contributed by atoms with Gasteiger partial charge in [0.15, 0.2) is 0 Å². The second-order valence-electron chi connectivity index (χ2n) is 8.04. The van der Waals surface area contributed by atoms with Crippen molar-refractivity contribution in [2.75, 3.05) is 0 Å². The van der Waals surface area contributed by atoms with Gasteiger partial charge in [0.05, 0.1) is 0 Å². The van der Waals surface area contributed by atoms with E-state index >= 15 is 0 Å². The van der Waals surface area contributed by atoms with Gasteiger partial charge in [-0.15, -0.1) is 0 Å². The number of aryl methyl sites for hydroxylation is 1. The zero-order valence-corrected chi connectivity index (χ0v) is 18.3. The predicted octanol–water partition coefficient (Wildman–Crippen LogP) is 6.58. The van der Waals surface area contributed by atoms with Gasteiger partial charge in [0.25, 0.3) is 0 Å². The maximum atomic E-state index is 12.3. The van der Waals surface area contributed by atoms with Gasteiger partial charge in [-0.2, -0.15) is 0 Å². The summed E-state index contributed by atoms with van der Waals surface area (Å²) in [6.07, 6.45) is 15.6. The zero-order chi connectivity index (χ0) is 20.9. The molecule has 0 radical (unpaired) electrons. The molecule has 0 fully saturated rings. The van der Waals surface area contributed by atoms with Crippen LogP contribution in [0, 0.1) is 5.92 Å². The highest BCUT2D eigenvalue weighted by Gasteiger charge is 2.12. The molecule has 4 nitrogen and oxygen atoms in total. The third kappa shape index (κ3) is 8.76. The van der Waals surface area contributed by atoms with Crippen molar-refractivity contribution in [3.05, 3.63) is 53.6 Å². The standard InChI is InChI=1S/C25H36N2O2/c1-4-6-7-8-9-10-11-12-22-18-26-24(27-19-22)25(28)29-23-15-13-21(14-16-23)17-20(3)5-2/h13-16,18-20H,4-12,17H2,1-3H3/t20-/m0/s1. The van der Waals surface area contributed by atoms with Crippen LogP contribution in [0.1, 0.15) is 93.9 Å². The van der Waals surface area contributed by atoms with E-state index < -0.39 is 5.97 Å². The highest BCUT2D eigenvalue weighted by atomic mass is 16.5. The summed E-state index contributed by atoms with van der Waals surface area (Å²) in [6.45, 7) is 6.67. The molecule has 0 unspecified atom stereocenters. The molecule has 0 saturated heterocycles. The average Bonchev–Trinajstić information content (AvgIpc) is 2.74. The van der Waals surface area contributed by atoms with Crippen LogP contribution in [-0.4, -0.2) is 15.9 Å². The van der Waals surface area contributed by atoms with E-state index in [1.165, 1.54) is 44.1 Å². The molecule has 0 aliphatic rings. The van der Waals surface area contributed by atoms with Gasteiger partial charge >= 0.3 is 5.97 Å². The summed E-state index contributed by atoms with van der Waals surface area (Å²) in [5.74, 6) is 0.772. The Morgan fingerprint density at radius 1 is 0.897 bits per heavy atom. The number of carbonyl (C=O) groups is 1. The number of unbranched alkanes of at least 4 members (excludes halogenated alkanes) is 6. The Morgan fingerprint density at radius 3 is 2.14 bits per heavy atom. The molecule has 0 spiro atoms. The topological polar surface area (TPSA) is 52.1 Å². The van der Waals surface area contributed by atoms with Crippen LogP contribution in [0.2, 0.25) is 0 Å². The molecule has 2 rings (SSSR count). The zero-order valence-electron chi connectivity index (χ0n) is 18.3. The predicted molar refractivity (Wildman–Crippen MR) is 118 cm³/mol. The van der Waals surface area contributed by atoms with Crippen LogP contribution in [-0.2, 0) is 12.8 Å². The van der Waals surface area contributed by atoms with E-state index in [9.17, 15) is 4.79 Å². The summed E-state index contributed by atoms with van der Waals surface area (Å²) >= 11 is 0. The first kappa shape index (κ1) is 23.1. The van der Waals surface area contributed by atoms with E-state index in [0.29, 0.717) is 11.7 Å². The molecule has 0 aliphatic carbocycles. The van der Waals surface area contributed by atoms with Crippen molar-refractivity contribution in [3.63, 3.8) is 0 Å². The fraction of sp³-hybridized carbons (Fsp3) is 0.560. The Morgan fingerprint density at radius 2 is 1.52 bits per heavy atom. The molecule has 0 aliphatic heterocycles. The third-order valence-corrected chi connectivity index (χ3v) is 5.37. The van der Waals surface area contributed by atoms with E-state index in [1.807, 2.05) is 24.3 Å². The van der Waals surface area contributed by atoms with E-state index in [0.717, 1.165) is 31.2 Å². The number of nitrogens with zero attached hydrogens (tertiary/aromatic N) is 2. The molecule has 158 valence electrons. The summed E-state index contributed by atoms with van der Waals surface area (Å²) in [4.78, 5) is 20.7. The molecular weight excluding hydrogens is 360 g/mol. The number of benzene rings is 1. The molecule has 1 aromatic carbocycles. The molecule has 0 N–H and O–H groups in total. The number of carbonyl (C=O) groups excluding carboxylic acids is 1. The van der Waals surface area contributed by atoms with Crippen LogP contribution in [0.3, 0.4) is 0 Å². The first-order valence-electron chi connectivity index (χ1n) is 11.2. The molecule has 2 aromatic rings. The van der Waals surface area contributed by atoms with E-state index in [1.54, 1.807) is 12.4 Å². The van der Waals surface area contributed by atoms with Crippen molar-refractivity contribution >= 4 is 5.97 Å². The van der Waals surface area contributed by atoms with Crippen LogP contribution in [0.15, 0.2) is 36.7 Å². The minimum Gasteiger partial charge on any atom is -0.421 e. The second-order valence-corrected chi connectivity index (χ2v) is 8.04. The molecule has 0 amide bonds. The lowest BCUT2D eigenvalue weighted by molar-refractivity contribution is 0.0721. The Hall–Kier alpha value is -2.23. The van der Waals surface area contributed by atoms with Crippen LogP contribution >= 0.6 is 0 Å². The lowest BCUT2D eigenvalue weighted by Crippen LogP contribution is -2.13. The van der Waals surface area contributed by atoms with Gasteiger partial charge in [-0.05, 0) is 48.4 Å². The van der Waals surface area contributed by atoms with Gasteiger partial charge in [-0.3, -0.25) is 0 Å². The minimum atomic E-state index is -0.512. The molecule has 0 bridgehead atoms. The van der Waals surface area contributed by atoms with Crippen LogP contribution in [0.4, 0.5) is 0 Å². The lowest BCUT2D eigenvalue weighted by atomic mass is 9.99. The molecule has 4 heteroatoms. The van der Waals surface area contributed by atoms with Crippen molar-refractivity contribution in [2.24, 2.45) is 5.92 Å². The number of ether oxygens (including phenoxy) is 1. The Balaban J connectivity index is 1.75. The summed E-state index contributed by atoms with van der Waals surface area (Å²) < 4.78 is 5.41. The minimum absolute atomic E-state index is 0.108. The van der Waals surface area contributed by atoms with Gasteiger partial charge in [0.2, 0.25) is 5.82 Å². The normalized spacial score (nSPS) is 12.0. The van der Waals surface area contributed by atoms with E-state index in [4.69, 9.17) is 4.74 Å². The Labute approximate surface area is 176 Å². The van der Waals surface area contributed by atoms with Gasteiger partial charge in [0.1, 0.15) is 5.75 Å². The number of aromatic nitrogens is 2. The number of hydrogen-bond acceptors (Lipinski definition) is 4. The number of rotatable bonds is 13. The van der Waals surface area contributed by atoms with Crippen molar-refractivity contribution in [3.8, 4) is 5.75 Å². The summed E-state index contributed by atoms with van der Waals surface area (Å²) in [5, 5.41) is 0. The molecule has 29 heavy (non-hydrogen) atoms. The SMILES string of the molecule is CCCCCCCCCc1cnc(C(=O)Oc2ccc(C[C@@H](C)CC)cc2)nc1. The van der Waals surface area contributed by atoms with Crippen LogP contribution in [0.5, 0.6) is 5.75 Å².